The van der Waals surface area contributed by atoms with Crippen LogP contribution in [0.15, 0.2) is 77.2 Å². The van der Waals surface area contributed by atoms with Crippen LogP contribution in [0.3, 0.4) is 0 Å². The van der Waals surface area contributed by atoms with E-state index >= 15 is 13.2 Å². The largest absolute Gasteiger partial charge is 0.487 e. The second-order valence-corrected chi connectivity index (χ2v) is 25.0. The molecule has 0 bridgehead atoms. The molecule has 0 radical (unpaired) electrons. The molecule has 514 valence electrons. The van der Waals surface area contributed by atoms with Gasteiger partial charge in [0.05, 0.1) is 70.3 Å². The Hall–Kier alpha value is -10.6. The van der Waals surface area contributed by atoms with Gasteiger partial charge in [0.1, 0.15) is 65.5 Å². The van der Waals surface area contributed by atoms with Crippen LogP contribution in [0.5, 0.6) is 17.2 Å². The average Bonchev–Trinajstić information content (AvgIpc) is 0.747. The fourth-order valence-corrected chi connectivity index (χ4v) is 13.5. The zero-order valence-corrected chi connectivity index (χ0v) is 53.9. The number of halogens is 3. The number of nitrogens with one attached hydrogen (secondary N) is 2. The van der Waals surface area contributed by atoms with Gasteiger partial charge in [0.15, 0.2) is 46.1 Å². The standard InChI is InChI=1S/C64H77F3N20O10/c1-34-31-95-57-49-37(45(88)6-10-85(34)49)25-42(65)52(57)81-17-21-83(22-18-81)63(72)76-46(68)5-4-9-78(11-7-74-47(69)28-48(70)79-13-15-80(16-14-79)53-43(66)26-38-50-58(53)96-32-35(2)86(50)29-40(55(38)89)60(91)92)12-8-75-62(71)77-64(73)84-23-19-82(20-24-84)54-44(67)27-39-51-59(54)97-33-36(3)87(51)30-41(56(39)90)61(93)94/h6,10,25-27,29-30,34-36,70H,4-5,7-9,11-24,28,31-33H2,1-3H3,(H2,69,74)(H,91,92)(H,93,94)(H3,68,72,76)(H4,71,73,75,77). The lowest BCUT2D eigenvalue weighted by molar-refractivity contribution is 0.0683. The minimum atomic E-state index is -1.41. The lowest BCUT2D eigenvalue weighted by atomic mass is 10.1. The molecule has 30 nitrogen and oxygen atoms in total. The van der Waals surface area contributed by atoms with Gasteiger partial charge in [-0.3, -0.25) is 40.1 Å². The fraction of sp³-hybridized carbons (Fsp3) is 0.453. The summed E-state index contributed by atoms with van der Waals surface area (Å²) in [5, 5.41) is 37.4. The van der Waals surface area contributed by atoms with Crippen molar-refractivity contribution in [2.45, 2.75) is 58.2 Å². The van der Waals surface area contributed by atoms with Crippen LogP contribution in [0, 0.1) is 28.3 Å². The van der Waals surface area contributed by atoms with E-state index in [1.54, 1.807) is 34.9 Å². The van der Waals surface area contributed by atoms with E-state index in [0.717, 1.165) is 12.1 Å². The predicted octanol–water partition coefficient (Wildman–Crippen LogP) is 2.80. The molecular formula is C64H77F3N20O10. The van der Waals surface area contributed by atoms with Gasteiger partial charge in [0, 0.05) is 123 Å². The number of guanidine groups is 3. The molecule has 0 aliphatic carbocycles. The van der Waals surface area contributed by atoms with Crippen LogP contribution in [-0.4, -0.2) is 222 Å². The number of nitrogens with two attached hydrogens (primary N) is 4. The number of aromatic nitrogens is 3. The number of amidine groups is 3. The molecule has 6 aliphatic rings. The molecular weight excluding hydrogens is 1270 g/mol. The molecule has 3 aromatic heterocycles. The number of ether oxygens (including phenoxy) is 3. The van der Waals surface area contributed by atoms with Crippen molar-refractivity contribution in [2.75, 3.05) is 146 Å². The lowest BCUT2D eigenvalue weighted by Gasteiger charge is -2.39. The molecule has 12 N–H and O–H groups in total. The summed E-state index contributed by atoms with van der Waals surface area (Å²) in [6.07, 6.45) is 5.13. The zero-order chi connectivity index (χ0) is 68.8. The van der Waals surface area contributed by atoms with Gasteiger partial charge in [0.25, 0.3) is 0 Å². The molecule has 3 aromatic carbocycles. The molecule has 3 saturated heterocycles. The SMILES string of the molecule is CC1COc2c(N3CCN(C(=N)N=C(N)CCCN(CCN=C(N)CC(=N)N4CCN(c5c(F)cc6c(=O)c(C(=O)O)cn7c6c5OCC7C)CC4)CCN=C(N)N=C(N)N4CCN(c5c(F)cc6c(=O)c(C(=O)O)cn7c6c5OCC7C)CC4)CC3)c(F)cc3c(=O)ccn1c23. The van der Waals surface area contributed by atoms with E-state index in [0.29, 0.717) is 127 Å². The molecule has 3 fully saturated rings. The molecule has 97 heavy (non-hydrogen) atoms. The highest BCUT2D eigenvalue weighted by atomic mass is 19.1. The number of hydrogen-bond acceptors (Lipinski definition) is 16. The van der Waals surface area contributed by atoms with Crippen LogP contribution >= 0.6 is 0 Å². The Morgan fingerprint density at radius 3 is 1.49 bits per heavy atom. The summed E-state index contributed by atoms with van der Waals surface area (Å²) in [5.41, 5.74) is 24.8. The van der Waals surface area contributed by atoms with Gasteiger partial charge >= 0.3 is 11.9 Å². The van der Waals surface area contributed by atoms with Crippen molar-refractivity contribution in [3.05, 3.63) is 102 Å². The topological polar surface area (TPSA) is 392 Å². The number of piperazine rings is 3. The number of carbonyl (C=O) groups is 2. The van der Waals surface area contributed by atoms with Crippen LogP contribution in [0.25, 0.3) is 32.7 Å². The minimum absolute atomic E-state index is 0.0335. The summed E-state index contributed by atoms with van der Waals surface area (Å²) in [4.78, 5) is 93.8. The van der Waals surface area contributed by atoms with Crippen molar-refractivity contribution in [2.24, 2.45) is 42.9 Å². The summed E-state index contributed by atoms with van der Waals surface area (Å²) >= 11 is 0. The van der Waals surface area contributed by atoms with Crippen LogP contribution in [-0.2, 0) is 0 Å². The Bertz CT molecular complexity index is 4510. The summed E-state index contributed by atoms with van der Waals surface area (Å²) in [6, 6.07) is 4.15. The molecule has 9 heterocycles. The van der Waals surface area contributed by atoms with Crippen LogP contribution in [0.1, 0.15) is 78.9 Å². The zero-order valence-electron chi connectivity index (χ0n) is 53.9. The van der Waals surface area contributed by atoms with Crippen molar-refractivity contribution < 1.29 is 47.2 Å². The molecule has 0 amide bonds. The van der Waals surface area contributed by atoms with Gasteiger partial charge in [-0.2, -0.15) is 4.99 Å². The first-order valence-corrected chi connectivity index (χ1v) is 32.1. The van der Waals surface area contributed by atoms with E-state index in [9.17, 15) is 34.2 Å². The number of aromatic carboxylic acids is 2. The predicted molar refractivity (Wildman–Crippen MR) is 362 cm³/mol. The first-order valence-electron chi connectivity index (χ1n) is 32.1. The Morgan fingerprint density at radius 1 is 0.577 bits per heavy atom. The summed E-state index contributed by atoms with van der Waals surface area (Å²) in [6.45, 7) is 11.7. The second kappa shape index (κ2) is 27.3. The van der Waals surface area contributed by atoms with E-state index < -0.39 is 51.4 Å². The number of carboxylic acids is 2. The third-order valence-electron chi connectivity index (χ3n) is 18.7. The van der Waals surface area contributed by atoms with E-state index in [-0.39, 0.29) is 149 Å². The van der Waals surface area contributed by atoms with Crippen LogP contribution in [0.2, 0.25) is 0 Å². The maximum absolute atomic E-state index is 16.0. The quantitative estimate of drug-likeness (QED) is 0.0481. The monoisotopic (exact) mass is 1340 g/mol. The highest BCUT2D eigenvalue weighted by Crippen LogP contribution is 2.45. The van der Waals surface area contributed by atoms with Gasteiger partial charge in [-0.15, -0.1) is 0 Å². The van der Waals surface area contributed by atoms with Gasteiger partial charge in [-0.1, -0.05) is 0 Å². The lowest BCUT2D eigenvalue weighted by Crippen LogP contribution is -2.52. The smallest absolute Gasteiger partial charge is 0.341 e. The molecule has 3 unspecified atom stereocenters. The maximum Gasteiger partial charge on any atom is 0.341 e. The molecule has 3 atom stereocenters. The number of pyridine rings is 3. The van der Waals surface area contributed by atoms with E-state index in [2.05, 4.69) is 24.9 Å². The third-order valence-corrected chi connectivity index (χ3v) is 18.7. The molecule has 0 spiro atoms. The number of carboxylic acid groups (broad SMARTS) is 2. The first kappa shape index (κ1) is 66.4. The molecule has 0 saturated carbocycles. The van der Waals surface area contributed by atoms with Crippen molar-refractivity contribution >= 4 is 97.1 Å². The van der Waals surface area contributed by atoms with Crippen molar-refractivity contribution in [3.63, 3.8) is 0 Å². The summed E-state index contributed by atoms with van der Waals surface area (Å²) < 4.78 is 71.3. The van der Waals surface area contributed by atoms with Gasteiger partial charge in [-0.05, 0) is 51.9 Å². The third kappa shape index (κ3) is 13.0. The Kier molecular flexibility index (Phi) is 18.7. The normalized spacial score (nSPS) is 19.2. The fourth-order valence-electron chi connectivity index (χ4n) is 13.5. The second-order valence-electron chi connectivity index (χ2n) is 25.0. The van der Waals surface area contributed by atoms with Crippen molar-refractivity contribution in [1.29, 1.82) is 10.8 Å². The molecule has 33 heteroatoms. The van der Waals surface area contributed by atoms with E-state index in [4.69, 9.17) is 48.0 Å². The minimum Gasteiger partial charge on any atom is -0.487 e. The summed E-state index contributed by atoms with van der Waals surface area (Å²) in [5.74, 6) is -3.55. The van der Waals surface area contributed by atoms with Crippen LogP contribution < -0.4 is 68.1 Å². The Morgan fingerprint density at radius 2 is 1.01 bits per heavy atom. The Labute approximate surface area is 552 Å². The van der Waals surface area contributed by atoms with Gasteiger partial charge in [0.2, 0.25) is 22.8 Å². The van der Waals surface area contributed by atoms with Crippen molar-refractivity contribution in [1.82, 2.24) is 33.3 Å². The number of anilines is 3. The number of hydrogen-bond donors (Lipinski definition) is 8. The van der Waals surface area contributed by atoms with Crippen LogP contribution in [0.4, 0.5) is 30.2 Å². The van der Waals surface area contributed by atoms with E-state index in [1.807, 2.05) is 35.1 Å². The number of aliphatic imine (C=N–C) groups is 4. The van der Waals surface area contributed by atoms with E-state index in [1.165, 1.54) is 24.5 Å². The highest BCUT2D eigenvalue weighted by Gasteiger charge is 2.36. The highest BCUT2D eigenvalue weighted by molar-refractivity contribution is 6.02. The van der Waals surface area contributed by atoms with Gasteiger partial charge < -0.3 is 90.5 Å². The molecule has 12 rings (SSSR count). The average molecular weight is 1340 g/mol. The Balaban J connectivity index is 0.672. The van der Waals surface area contributed by atoms with Gasteiger partial charge in [-0.25, -0.2) is 27.8 Å². The van der Waals surface area contributed by atoms with Crippen molar-refractivity contribution in [3.8, 4) is 17.2 Å². The molecule has 6 aliphatic heterocycles. The molecule has 6 aromatic rings. The number of benzene rings is 3. The maximum atomic E-state index is 16.0. The number of nitrogens with zero attached hydrogens (tertiary/aromatic N) is 14. The summed E-state index contributed by atoms with van der Waals surface area (Å²) in [7, 11) is 0. The number of rotatable bonds is 17. The first-order chi connectivity index (χ1) is 46.4.